The lowest BCUT2D eigenvalue weighted by molar-refractivity contribution is -0.140. The second-order valence-electron chi connectivity index (χ2n) is 10.0. The van der Waals surface area contributed by atoms with E-state index < -0.39 is 0 Å². The van der Waals surface area contributed by atoms with Gasteiger partial charge in [0.1, 0.15) is 5.75 Å². The van der Waals surface area contributed by atoms with Crippen LogP contribution < -0.4 is 0 Å². The highest BCUT2D eigenvalue weighted by atomic mass is 16.5. The summed E-state index contributed by atoms with van der Waals surface area (Å²) in [6.45, 7) is 5.15. The highest BCUT2D eigenvalue weighted by Gasteiger charge is 2.56. The number of ether oxygens (including phenoxy) is 1. The first-order valence-corrected chi connectivity index (χ1v) is 13.1. The summed E-state index contributed by atoms with van der Waals surface area (Å²) in [5.74, 6) is -0.287. The number of aromatic hydroxyl groups is 1. The molecule has 0 saturated carbocycles. The molecule has 188 valence electrons. The van der Waals surface area contributed by atoms with Crippen LogP contribution in [0.5, 0.6) is 5.75 Å². The average Bonchev–Trinajstić information content (AvgIpc) is 3.41. The lowest BCUT2D eigenvalue weighted by atomic mass is 9.69. The van der Waals surface area contributed by atoms with Crippen molar-refractivity contribution in [2.45, 2.75) is 52.1 Å². The first-order chi connectivity index (χ1) is 17.5. The minimum absolute atomic E-state index is 0.00430. The summed E-state index contributed by atoms with van der Waals surface area (Å²) in [5.41, 5.74) is 5.44. The van der Waals surface area contributed by atoms with E-state index in [0.717, 1.165) is 42.5 Å². The fourth-order valence-electron chi connectivity index (χ4n) is 6.25. The maximum atomic E-state index is 13.3. The molecule has 3 aliphatic rings. The average molecular weight is 487 g/mol. The Morgan fingerprint density at radius 2 is 2.00 bits per heavy atom. The number of benzene rings is 1. The number of pyridine rings is 1. The number of hydrogen-bond acceptors (Lipinski definition) is 5. The molecule has 2 amide bonds. The maximum absolute atomic E-state index is 13.3. The molecule has 1 aliphatic carbocycles. The third kappa shape index (κ3) is 4.50. The van der Waals surface area contributed by atoms with Crippen molar-refractivity contribution >= 4 is 23.5 Å². The van der Waals surface area contributed by atoms with Gasteiger partial charge in [0.05, 0.1) is 30.2 Å². The molecule has 36 heavy (non-hydrogen) atoms. The van der Waals surface area contributed by atoms with Crippen LogP contribution in [-0.2, 0) is 14.3 Å². The van der Waals surface area contributed by atoms with Crippen LogP contribution in [0.15, 0.2) is 59.8 Å². The number of carbonyl (C=O) groups is 2. The number of imide groups is 1. The van der Waals surface area contributed by atoms with E-state index in [1.165, 1.54) is 16.0 Å². The van der Waals surface area contributed by atoms with Gasteiger partial charge < -0.3 is 9.84 Å². The standard InChI is InChI=1S/C30H34N2O4/c1-3-14-32-29(34)23-17-20(4-2)27-24(28(23)30(32)35)18-36-26(27)12-11-21(25-10-5-6-13-31-25)15-19-8-7-9-22(33)16-19/h5-10,13,15-16,23-24,26,28,33H,3-4,11-12,14,17-18H2,1-2H3/b21-15-/t23-,24+,26-,28-/m1/s1. The Morgan fingerprint density at radius 3 is 2.72 bits per heavy atom. The Kier molecular flexibility index (Phi) is 7.06. The van der Waals surface area contributed by atoms with E-state index in [0.29, 0.717) is 19.6 Å². The Hall–Kier alpha value is -3.25. The van der Waals surface area contributed by atoms with Crippen molar-refractivity contribution in [3.05, 3.63) is 71.1 Å². The van der Waals surface area contributed by atoms with Crippen molar-refractivity contribution in [1.82, 2.24) is 9.88 Å². The van der Waals surface area contributed by atoms with E-state index in [2.05, 4.69) is 18.0 Å². The van der Waals surface area contributed by atoms with Gasteiger partial charge in [0.25, 0.3) is 0 Å². The molecule has 1 aromatic carbocycles. The smallest absolute Gasteiger partial charge is 0.233 e. The Labute approximate surface area is 212 Å². The summed E-state index contributed by atoms with van der Waals surface area (Å²) in [6, 6.07) is 13.1. The molecule has 1 aromatic heterocycles. The van der Waals surface area contributed by atoms with Gasteiger partial charge in [-0.15, -0.1) is 0 Å². The molecule has 0 bridgehead atoms. The van der Waals surface area contributed by atoms with Crippen LogP contribution in [0.1, 0.15) is 57.2 Å². The van der Waals surface area contributed by atoms with E-state index >= 15 is 0 Å². The summed E-state index contributed by atoms with van der Waals surface area (Å²) < 4.78 is 6.35. The lowest BCUT2D eigenvalue weighted by Gasteiger charge is -2.31. The topological polar surface area (TPSA) is 79.7 Å². The quantitative estimate of drug-likeness (QED) is 0.408. The second kappa shape index (κ2) is 10.4. The summed E-state index contributed by atoms with van der Waals surface area (Å²) >= 11 is 0. The van der Waals surface area contributed by atoms with E-state index in [4.69, 9.17) is 4.74 Å². The Morgan fingerprint density at radius 1 is 1.14 bits per heavy atom. The van der Waals surface area contributed by atoms with Gasteiger partial charge in [0.15, 0.2) is 0 Å². The molecule has 2 aromatic rings. The van der Waals surface area contributed by atoms with Crippen LogP contribution in [0.3, 0.4) is 0 Å². The Bertz CT molecular complexity index is 1200. The number of aromatic nitrogens is 1. The molecule has 2 aliphatic heterocycles. The molecular weight excluding hydrogens is 452 g/mol. The highest BCUT2D eigenvalue weighted by Crippen LogP contribution is 2.50. The lowest BCUT2D eigenvalue weighted by Crippen LogP contribution is -2.34. The molecule has 2 saturated heterocycles. The predicted molar refractivity (Wildman–Crippen MR) is 139 cm³/mol. The molecule has 1 N–H and O–H groups in total. The summed E-state index contributed by atoms with van der Waals surface area (Å²) in [6.07, 6.45) is 7.64. The minimum Gasteiger partial charge on any atom is -0.508 e. The van der Waals surface area contributed by atoms with Gasteiger partial charge >= 0.3 is 0 Å². The maximum Gasteiger partial charge on any atom is 0.233 e. The molecule has 0 radical (unpaired) electrons. The van der Waals surface area contributed by atoms with Gasteiger partial charge in [-0.1, -0.05) is 37.6 Å². The van der Waals surface area contributed by atoms with E-state index in [1.54, 1.807) is 18.3 Å². The van der Waals surface area contributed by atoms with Gasteiger partial charge in [0, 0.05) is 18.7 Å². The largest absolute Gasteiger partial charge is 0.508 e. The third-order valence-corrected chi connectivity index (χ3v) is 7.85. The zero-order valence-electron chi connectivity index (χ0n) is 21.0. The van der Waals surface area contributed by atoms with Crippen LogP contribution in [-0.4, -0.2) is 46.1 Å². The monoisotopic (exact) mass is 486 g/mol. The molecule has 0 unspecified atom stereocenters. The summed E-state index contributed by atoms with van der Waals surface area (Å²) in [7, 11) is 0. The third-order valence-electron chi connectivity index (χ3n) is 7.85. The van der Waals surface area contributed by atoms with Crippen LogP contribution in [0.25, 0.3) is 11.6 Å². The molecule has 6 heteroatoms. The van der Waals surface area contributed by atoms with Gasteiger partial charge in [-0.05, 0) is 79.2 Å². The zero-order chi connectivity index (χ0) is 25.2. The zero-order valence-corrected chi connectivity index (χ0v) is 21.0. The number of likely N-dealkylation sites (tertiary alicyclic amines) is 1. The van der Waals surface area contributed by atoms with Crippen molar-refractivity contribution < 1.29 is 19.4 Å². The van der Waals surface area contributed by atoms with E-state index in [1.807, 2.05) is 37.3 Å². The number of allylic oxidation sites excluding steroid dienone is 2. The normalized spacial score (nSPS) is 25.9. The number of phenolic OH excluding ortho intramolecular Hbond substituents is 1. The van der Waals surface area contributed by atoms with Crippen LogP contribution in [0.4, 0.5) is 0 Å². The SMILES string of the molecule is CCCN1C(=O)[C@@H]2[C@@H](CC(CC)=C3[C@@H](CC/C(=C/c4cccc(O)c4)c4ccccn4)OC[C@@H]32)C1=O. The van der Waals surface area contributed by atoms with Crippen molar-refractivity contribution in [3.63, 3.8) is 0 Å². The molecule has 2 fully saturated rings. The van der Waals surface area contributed by atoms with Crippen molar-refractivity contribution in [3.8, 4) is 5.75 Å². The fraction of sp³-hybridized carbons (Fsp3) is 0.433. The summed E-state index contributed by atoms with van der Waals surface area (Å²) in [4.78, 5) is 32.4. The fourth-order valence-corrected chi connectivity index (χ4v) is 6.25. The number of amides is 2. The first-order valence-electron chi connectivity index (χ1n) is 13.1. The van der Waals surface area contributed by atoms with Crippen LogP contribution in [0, 0.1) is 17.8 Å². The van der Waals surface area contributed by atoms with Crippen molar-refractivity contribution in [2.24, 2.45) is 17.8 Å². The second-order valence-corrected chi connectivity index (χ2v) is 10.0. The number of rotatable bonds is 8. The molecule has 3 heterocycles. The molecule has 5 rings (SSSR count). The summed E-state index contributed by atoms with van der Waals surface area (Å²) in [5, 5.41) is 9.93. The van der Waals surface area contributed by atoms with Crippen molar-refractivity contribution in [1.29, 1.82) is 0 Å². The van der Waals surface area contributed by atoms with Crippen LogP contribution in [0.2, 0.25) is 0 Å². The molecule has 6 nitrogen and oxygen atoms in total. The van der Waals surface area contributed by atoms with E-state index in [9.17, 15) is 14.7 Å². The predicted octanol–water partition coefficient (Wildman–Crippen LogP) is 5.24. The first kappa shape index (κ1) is 24.4. The Balaban J connectivity index is 1.40. The van der Waals surface area contributed by atoms with Gasteiger partial charge in [-0.25, -0.2) is 0 Å². The number of fused-ring (bicyclic) bond motifs is 3. The van der Waals surface area contributed by atoms with Gasteiger partial charge in [-0.3, -0.25) is 19.5 Å². The minimum atomic E-state index is -0.280. The van der Waals surface area contributed by atoms with E-state index in [-0.39, 0.29) is 41.4 Å². The number of nitrogens with zero attached hydrogens (tertiary/aromatic N) is 2. The molecule has 4 atom stereocenters. The molecule has 0 spiro atoms. The highest BCUT2D eigenvalue weighted by molar-refractivity contribution is 6.06. The number of carbonyl (C=O) groups excluding carboxylic acids is 2. The van der Waals surface area contributed by atoms with Crippen molar-refractivity contribution in [2.75, 3.05) is 13.2 Å². The number of phenols is 1. The van der Waals surface area contributed by atoms with Gasteiger partial charge in [0.2, 0.25) is 11.8 Å². The van der Waals surface area contributed by atoms with Gasteiger partial charge in [-0.2, -0.15) is 0 Å². The van der Waals surface area contributed by atoms with Crippen LogP contribution >= 0.6 is 0 Å². The number of hydrogen-bond donors (Lipinski definition) is 1. The molecular formula is C30H34N2O4.